The fourth-order valence-electron chi connectivity index (χ4n) is 1.53. The van der Waals surface area contributed by atoms with E-state index in [1.54, 1.807) is 0 Å². The SMILES string of the molecule is CC(C)C(C)Nc1cccc(-c2ncn[nH]2)c1. The largest absolute Gasteiger partial charge is 0.382 e. The van der Waals surface area contributed by atoms with Gasteiger partial charge in [0.15, 0.2) is 5.82 Å². The van der Waals surface area contributed by atoms with Crippen molar-refractivity contribution in [3.05, 3.63) is 30.6 Å². The molecule has 1 aromatic carbocycles. The van der Waals surface area contributed by atoms with Crippen molar-refractivity contribution in [2.24, 2.45) is 5.92 Å². The normalized spacial score (nSPS) is 12.7. The number of H-pyrrole nitrogens is 1. The number of anilines is 1. The molecule has 1 unspecified atom stereocenters. The van der Waals surface area contributed by atoms with Crippen LogP contribution in [0, 0.1) is 5.92 Å². The average molecular weight is 230 g/mol. The van der Waals surface area contributed by atoms with Crippen molar-refractivity contribution < 1.29 is 0 Å². The van der Waals surface area contributed by atoms with Crippen molar-refractivity contribution in [2.75, 3.05) is 5.32 Å². The molecule has 4 nitrogen and oxygen atoms in total. The summed E-state index contributed by atoms with van der Waals surface area (Å²) in [5.41, 5.74) is 2.16. The van der Waals surface area contributed by atoms with E-state index in [0.29, 0.717) is 12.0 Å². The minimum absolute atomic E-state index is 0.444. The number of nitrogens with zero attached hydrogens (tertiary/aromatic N) is 2. The molecule has 17 heavy (non-hydrogen) atoms. The van der Waals surface area contributed by atoms with Crippen LogP contribution in [0.2, 0.25) is 0 Å². The van der Waals surface area contributed by atoms with E-state index in [-0.39, 0.29) is 0 Å². The van der Waals surface area contributed by atoms with Gasteiger partial charge in [0.05, 0.1) is 0 Å². The van der Waals surface area contributed by atoms with Crippen LogP contribution in [-0.2, 0) is 0 Å². The van der Waals surface area contributed by atoms with Gasteiger partial charge >= 0.3 is 0 Å². The fourth-order valence-corrected chi connectivity index (χ4v) is 1.53. The first-order valence-electron chi connectivity index (χ1n) is 5.89. The monoisotopic (exact) mass is 230 g/mol. The number of benzene rings is 1. The zero-order chi connectivity index (χ0) is 12.3. The molecule has 2 rings (SSSR count). The van der Waals surface area contributed by atoms with Crippen LogP contribution in [0.5, 0.6) is 0 Å². The van der Waals surface area contributed by atoms with Gasteiger partial charge in [-0.2, -0.15) is 5.10 Å². The maximum Gasteiger partial charge on any atom is 0.155 e. The van der Waals surface area contributed by atoms with Crippen LogP contribution < -0.4 is 5.32 Å². The Morgan fingerprint density at radius 1 is 1.24 bits per heavy atom. The highest BCUT2D eigenvalue weighted by Crippen LogP contribution is 2.20. The van der Waals surface area contributed by atoms with Crippen LogP contribution in [0.15, 0.2) is 30.6 Å². The zero-order valence-electron chi connectivity index (χ0n) is 10.4. The minimum atomic E-state index is 0.444. The van der Waals surface area contributed by atoms with Crippen molar-refractivity contribution in [2.45, 2.75) is 26.8 Å². The molecule has 2 N–H and O–H groups in total. The van der Waals surface area contributed by atoms with E-state index in [2.05, 4.69) is 53.4 Å². The third kappa shape index (κ3) is 2.84. The van der Waals surface area contributed by atoms with Crippen LogP contribution in [-0.4, -0.2) is 21.2 Å². The summed E-state index contributed by atoms with van der Waals surface area (Å²) in [7, 11) is 0. The molecule has 0 fully saturated rings. The van der Waals surface area contributed by atoms with Gasteiger partial charge in [-0.05, 0) is 25.0 Å². The van der Waals surface area contributed by atoms with E-state index in [1.165, 1.54) is 6.33 Å². The van der Waals surface area contributed by atoms with Gasteiger partial charge in [0.25, 0.3) is 0 Å². The molecule has 4 heteroatoms. The Kier molecular flexibility index (Phi) is 3.42. The summed E-state index contributed by atoms with van der Waals surface area (Å²) in [5, 5.41) is 10.2. The van der Waals surface area contributed by atoms with Crippen molar-refractivity contribution in [1.29, 1.82) is 0 Å². The molecule has 90 valence electrons. The van der Waals surface area contributed by atoms with Crippen LogP contribution in [0.4, 0.5) is 5.69 Å². The molecule has 0 saturated carbocycles. The highest BCUT2D eigenvalue weighted by atomic mass is 15.2. The first-order valence-corrected chi connectivity index (χ1v) is 5.89. The summed E-state index contributed by atoms with van der Waals surface area (Å²) >= 11 is 0. The summed E-state index contributed by atoms with van der Waals surface area (Å²) in [6, 6.07) is 8.64. The second kappa shape index (κ2) is 4.99. The third-order valence-electron chi connectivity index (χ3n) is 2.95. The lowest BCUT2D eigenvalue weighted by molar-refractivity contribution is 0.560. The van der Waals surface area contributed by atoms with Gasteiger partial charge in [-0.15, -0.1) is 0 Å². The van der Waals surface area contributed by atoms with E-state index >= 15 is 0 Å². The molecule has 1 atom stereocenters. The van der Waals surface area contributed by atoms with E-state index in [1.807, 2.05) is 12.1 Å². The van der Waals surface area contributed by atoms with Gasteiger partial charge in [0.2, 0.25) is 0 Å². The molecule has 0 spiro atoms. The van der Waals surface area contributed by atoms with Crippen molar-refractivity contribution in [3.8, 4) is 11.4 Å². The maximum atomic E-state index is 4.15. The summed E-state index contributed by atoms with van der Waals surface area (Å²) < 4.78 is 0. The molecule has 2 aromatic rings. The quantitative estimate of drug-likeness (QED) is 0.849. The molecule has 0 aliphatic rings. The molecule has 1 aromatic heterocycles. The highest BCUT2D eigenvalue weighted by Gasteiger charge is 2.07. The van der Waals surface area contributed by atoms with E-state index in [9.17, 15) is 0 Å². The Balaban J connectivity index is 2.18. The van der Waals surface area contributed by atoms with Gasteiger partial charge in [0, 0.05) is 17.3 Å². The third-order valence-corrected chi connectivity index (χ3v) is 2.95. The van der Waals surface area contributed by atoms with Crippen molar-refractivity contribution >= 4 is 5.69 Å². The Labute approximate surface area is 101 Å². The van der Waals surface area contributed by atoms with Gasteiger partial charge in [-0.3, -0.25) is 5.10 Å². The summed E-state index contributed by atoms with van der Waals surface area (Å²) in [6.45, 7) is 6.60. The number of hydrogen-bond donors (Lipinski definition) is 2. The molecule has 0 amide bonds. The van der Waals surface area contributed by atoms with Crippen molar-refractivity contribution in [1.82, 2.24) is 15.2 Å². The highest BCUT2D eigenvalue weighted by molar-refractivity contribution is 5.62. The summed E-state index contributed by atoms with van der Waals surface area (Å²) in [5.74, 6) is 1.40. The van der Waals surface area contributed by atoms with E-state index in [4.69, 9.17) is 0 Å². The number of aromatic amines is 1. The Bertz CT molecular complexity index is 462. The van der Waals surface area contributed by atoms with Crippen LogP contribution in [0.1, 0.15) is 20.8 Å². The summed E-state index contributed by atoms with van der Waals surface area (Å²) in [4.78, 5) is 4.15. The first-order chi connectivity index (χ1) is 8.16. The number of rotatable bonds is 4. The van der Waals surface area contributed by atoms with Crippen LogP contribution >= 0.6 is 0 Å². The predicted molar refractivity (Wildman–Crippen MR) is 69.7 cm³/mol. The number of aromatic nitrogens is 3. The Morgan fingerprint density at radius 2 is 2.06 bits per heavy atom. The number of nitrogens with one attached hydrogen (secondary N) is 2. The molecule has 0 aliphatic heterocycles. The Hall–Kier alpha value is -1.84. The number of hydrogen-bond acceptors (Lipinski definition) is 3. The second-order valence-electron chi connectivity index (χ2n) is 4.59. The zero-order valence-corrected chi connectivity index (χ0v) is 10.4. The van der Waals surface area contributed by atoms with E-state index in [0.717, 1.165) is 17.1 Å². The topological polar surface area (TPSA) is 53.6 Å². The molecule has 0 bridgehead atoms. The average Bonchev–Trinajstić information content (AvgIpc) is 2.82. The lowest BCUT2D eigenvalue weighted by Gasteiger charge is -2.19. The molecular formula is C13H18N4. The van der Waals surface area contributed by atoms with Crippen LogP contribution in [0.3, 0.4) is 0 Å². The molecule has 0 saturated heterocycles. The lowest BCUT2D eigenvalue weighted by Crippen LogP contribution is -2.21. The molecule has 0 aliphatic carbocycles. The fraction of sp³-hybridized carbons (Fsp3) is 0.385. The minimum Gasteiger partial charge on any atom is -0.382 e. The van der Waals surface area contributed by atoms with E-state index < -0.39 is 0 Å². The van der Waals surface area contributed by atoms with Crippen LogP contribution in [0.25, 0.3) is 11.4 Å². The lowest BCUT2D eigenvalue weighted by atomic mass is 10.1. The molecule has 1 heterocycles. The van der Waals surface area contributed by atoms with Gasteiger partial charge in [0.1, 0.15) is 6.33 Å². The molecule has 0 radical (unpaired) electrons. The van der Waals surface area contributed by atoms with Gasteiger partial charge < -0.3 is 5.32 Å². The maximum absolute atomic E-state index is 4.15. The van der Waals surface area contributed by atoms with Crippen molar-refractivity contribution in [3.63, 3.8) is 0 Å². The predicted octanol–water partition coefficient (Wildman–Crippen LogP) is 2.93. The first kappa shape index (κ1) is 11.6. The second-order valence-corrected chi connectivity index (χ2v) is 4.59. The smallest absolute Gasteiger partial charge is 0.155 e. The molecular weight excluding hydrogens is 212 g/mol. The Morgan fingerprint density at radius 3 is 2.71 bits per heavy atom. The van der Waals surface area contributed by atoms with Gasteiger partial charge in [-0.1, -0.05) is 26.0 Å². The summed E-state index contributed by atoms with van der Waals surface area (Å²) in [6.07, 6.45) is 1.52. The standard InChI is InChI=1S/C13H18N4/c1-9(2)10(3)16-12-6-4-5-11(7-12)13-14-8-15-17-13/h4-10,16H,1-3H3,(H,14,15,17). The van der Waals surface area contributed by atoms with Gasteiger partial charge in [-0.25, -0.2) is 4.98 Å².